The number of aliphatic carboxylic acids is 1. The predicted molar refractivity (Wildman–Crippen MR) is 64.2 cm³/mol. The fraction of sp³-hybridized carbons (Fsp3) is 0.583. The maximum absolute atomic E-state index is 11.2. The second-order valence-electron chi connectivity index (χ2n) is 4.55. The first-order valence-corrected chi connectivity index (χ1v) is 6.08. The van der Waals surface area contributed by atoms with E-state index in [0.717, 1.165) is 0 Å². The summed E-state index contributed by atoms with van der Waals surface area (Å²) in [5.74, 6) is -1.88. The first kappa shape index (κ1) is 13.5. The zero-order valence-electron chi connectivity index (χ0n) is 10.6. The van der Waals surface area contributed by atoms with Crippen LogP contribution in [0.4, 0.5) is 0 Å². The summed E-state index contributed by atoms with van der Waals surface area (Å²) in [5, 5.41) is 18.2. The van der Waals surface area contributed by atoms with Crippen LogP contribution in [0, 0.1) is 5.92 Å². The smallest absolute Gasteiger partial charge is 0.356 e. The Labute approximate surface area is 109 Å². The molecule has 2 N–H and O–H groups in total. The number of aromatic carboxylic acids is 1. The average Bonchev–Trinajstić information content (AvgIpc) is 2.74. The van der Waals surface area contributed by atoms with Crippen molar-refractivity contribution < 1.29 is 24.5 Å². The van der Waals surface area contributed by atoms with Crippen molar-refractivity contribution in [2.75, 3.05) is 13.7 Å². The van der Waals surface area contributed by atoms with Crippen molar-refractivity contribution in [2.24, 2.45) is 5.92 Å². The number of nitrogens with zero attached hydrogens (tertiary/aromatic N) is 2. The van der Waals surface area contributed by atoms with Gasteiger partial charge >= 0.3 is 11.9 Å². The monoisotopic (exact) mass is 268 g/mol. The summed E-state index contributed by atoms with van der Waals surface area (Å²) >= 11 is 0. The van der Waals surface area contributed by atoms with E-state index in [9.17, 15) is 9.59 Å². The van der Waals surface area contributed by atoms with E-state index in [4.69, 9.17) is 14.9 Å². The second-order valence-corrected chi connectivity index (χ2v) is 4.55. The Bertz CT molecular complexity index is 508. The quantitative estimate of drug-likeness (QED) is 0.802. The molecule has 0 aliphatic carbocycles. The standard InChI is InChI=1S/C12H16N2O5/c1-19-5-3-9-13-10(12(17)18)8-6-7(11(15)16)2-4-14(8)9/h7H,2-6H2,1H3,(H,15,16)(H,17,18). The fourth-order valence-electron chi connectivity index (χ4n) is 2.40. The zero-order chi connectivity index (χ0) is 14.0. The molecule has 1 aromatic heterocycles. The summed E-state index contributed by atoms with van der Waals surface area (Å²) in [5.41, 5.74) is 0.481. The molecule has 7 nitrogen and oxygen atoms in total. The Morgan fingerprint density at radius 1 is 1.47 bits per heavy atom. The van der Waals surface area contributed by atoms with Crippen molar-refractivity contribution >= 4 is 11.9 Å². The largest absolute Gasteiger partial charge is 0.481 e. The van der Waals surface area contributed by atoms with Crippen LogP contribution in [-0.4, -0.2) is 45.4 Å². The van der Waals surface area contributed by atoms with E-state index in [2.05, 4.69) is 4.98 Å². The lowest BCUT2D eigenvalue weighted by Crippen LogP contribution is -2.27. The van der Waals surface area contributed by atoms with Crippen LogP contribution in [0.2, 0.25) is 0 Å². The second kappa shape index (κ2) is 5.40. The number of hydrogen-bond donors (Lipinski definition) is 2. The third kappa shape index (κ3) is 2.60. The number of carboxylic acids is 2. The molecule has 7 heteroatoms. The van der Waals surface area contributed by atoms with E-state index in [1.54, 1.807) is 7.11 Å². The first-order chi connectivity index (χ1) is 9.04. The first-order valence-electron chi connectivity index (χ1n) is 6.08. The van der Waals surface area contributed by atoms with Gasteiger partial charge in [0.15, 0.2) is 5.69 Å². The molecule has 1 aliphatic heterocycles. The highest BCUT2D eigenvalue weighted by atomic mass is 16.5. The van der Waals surface area contributed by atoms with Gasteiger partial charge in [-0.1, -0.05) is 0 Å². The molecule has 1 aliphatic rings. The van der Waals surface area contributed by atoms with Gasteiger partial charge in [0.1, 0.15) is 5.82 Å². The van der Waals surface area contributed by atoms with Gasteiger partial charge in [-0.05, 0) is 6.42 Å². The minimum atomic E-state index is -1.11. The van der Waals surface area contributed by atoms with Gasteiger partial charge in [-0.15, -0.1) is 0 Å². The molecular weight excluding hydrogens is 252 g/mol. The highest BCUT2D eigenvalue weighted by Crippen LogP contribution is 2.25. The Morgan fingerprint density at radius 3 is 2.79 bits per heavy atom. The number of rotatable bonds is 5. The molecule has 1 aromatic rings. The van der Waals surface area contributed by atoms with Gasteiger partial charge in [-0.2, -0.15) is 0 Å². The Kier molecular flexibility index (Phi) is 3.84. The van der Waals surface area contributed by atoms with Crippen LogP contribution in [0.1, 0.15) is 28.4 Å². The number of fused-ring (bicyclic) bond motifs is 1. The number of carboxylic acid groups (broad SMARTS) is 2. The van der Waals surface area contributed by atoms with Crippen LogP contribution < -0.4 is 0 Å². The summed E-state index contributed by atoms with van der Waals surface area (Å²) in [4.78, 5) is 26.3. The van der Waals surface area contributed by atoms with Crippen LogP contribution in [-0.2, 0) is 28.9 Å². The van der Waals surface area contributed by atoms with E-state index in [1.165, 1.54) is 0 Å². The van der Waals surface area contributed by atoms with Crippen molar-refractivity contribution in [3.05, 3.63) is 17.2 Å². The van der Waals surface area contributed by atoms with Gasteiger partial charge in [-0.25, -0.2) is 9.78 Å². The molecule has 1 atom stereocenters. The van der Waals surface area contributed by atoms with Gasteiger partial charge in [0.2, 0.25) is 0 Å². The molecule has 0 saturated heterocycles. The molecule has 0 bridgehead atoms. The van der Waals surface area contributed by atoms with Gasteiger partial charge in [0, 0.05) is 26.5 Å². The molecule has 0 fully saturated rings. The number of methoxy groups -OCH3 is 1. The van der Waals surface area contributed by atoms with Crippen molar-refractivity contribution in [2.45, 2.75) is 25.8 Å². The highest BCUT2D eigenvalue weighted by molar-refractivity contribution is 5.87. The van der Waals surface area contributed by atoms with Crippen molar-refractivity contribution in [1.29, 1.82) is 0 Å². The predicted octanol–water partition coefficient (Wildman–Crippen LogP) is 0.417. The van der Waals surface area contributed by atoms with Crippen LogP contribution in [0.25, 0.3) is 0 Å². The number of aromatic nitrogens is 2. The minimum Gasteiger partial charge on any atom is -0.481 e. The Morgan fingerprint density at radius 2 is 2.21 bits per heavy atom. The van der Waals surface area contributed by atoms with Crippen LogP contribution in [0.5, 0.6) is 0 Å². The molecule has 104 valence electrons. The SMILES string of the molecule is COCCc1nc(C(=O)O)c2n1CCC(C(=O)O)C2. The van der Waals surface area contributed by atoms with Crippen LogP contribution in [0.15, 0.2) is 0 Å². The highest BCUT2D eigenvalue weighted by Gasteiger charge is 2.31. The van der Waals surface area contributed by atoms with Gasteiger partial charge in [0.25, 0.3) is 0 Å². The Balaban J connectivity index is 2.35. The van der Waals surface area contributed by atoms with Crippen LogP contribution >= 0.6 is 0 Å². The average molecular weight is 268 g/mol. The zero-order valence-corrected chi connectivity index (χ0v) is 10.6. The summed E-state index contributed by atoms with van der Waals surface area (Å²) in [6.45, 7) is 0.948. The van der Waals surface area contributed by atoms with E-state index >= 15 is 0 Å². The maximum Gasteiger partial charge on any atom is 0.356 e. The number of imidazole rings is 1. The summed E-state index contributed by atoms with van der Waals surface area (Å²) in [6, 6.07) is 0. The number of carbonyl (C=O) groups is 2. The topological polar surface area (TPSA) is 102 Å². The van der Waals surface area contributed by atoms with Gasteiger partial charge in [-0.3, -0.25) is 4.79 Å². The summed E-state index contributed by atoms with van der Waals surface area (Å²) in [7, 11) is 1.57. The van der Waals surface area contributed by atoms with E-state index in [-0.39, 0.29) is 12.1 Å². The minimum absolute atomic E-state index is 0.0305. The molecular formula is C12H16N2O5. The maximum atomic E-state index is 11.2. The van der Waals surface area contributed by atoms with E-state index < -0.39 is 17.9 Å². The van der Waals surface area contributed by atoms with Gasteiger partial charge in [0.05, 0.1) is 18.2 Å². The summed E-state index contributed by atoms with van der Waals surface area (Å²) in [6.07, 6.45) is 1.24. The van der Waals surface area contributed by atoms with Crippen molar-refractivity contribution in [3.63, 3.8) is 0 Å². The van der Waals surface area contributed by atoms with Crippen molar-refractivity contribution in [3.8, 4) is 0 Å². The molecule has 2 heterocycles. The normalized spacial score (nSPS) is 18.1. The van der Waals surface area contributed by atoms with Gasteiger partial charge < -0.3 is 19.5 Å². The van der Waals surface area contributed by atoms with E-state index in [0.29, 0.717) is 37.5 Å². The third-order valence-corrected chi connectivity index (χ3v) is 3.37. The molecule has 0 spiro atoms. The summed E-state index contributed by atoms with van der Waals surface area (Å²) < 4.78 is 6.79. The molecule has 0 aromatic carbocycles. The molecule has 0 radical (unpaired) electrons. The van der Waals surface area contributed by atoms with Crippen molar-refractivity contribution in [1.82, 2.24) is 9.55 Å². The van der Waals surface area contributed by atoms with E-state index in [1.807, 2.05) is 4.57 Å². The molecule has 2 rings (SSSR count). The van der Waals surface area contributed by atoms with Crippen LogP contribution in [0.3, 0.4) is 0 Å². The molecule has 1 unspecified atom stereocenters. The lowest BCUT2D eigenvalue weighted by molar-refractivity contribution is -0.142. The molecule has 0 saturated carbocycles. The lowest BCUT2D eigenvalue weighted by Gasteiger charge is -2.22. The Hall–Kier alpha value is -1.89. The molecule has 19 heavy (non-hydrogen) atoms. The fourth-order valence-corrected chi connectivity index (χ4v) is 2.40. The molecule has 0 amide bonds. The number of hydrogen-bond acceptors (Lipinski definition) is 4. The lowest BCUT2D eigenvalue weighted by atomic mass is 9.95. The number of ether oxygens (including phenoxy) is 1. The third-order valence-electron chi connectivity index (χ3n) is 3.37.